The number of benzene rings is 1. The second kappa shape index (κ2) is 8.57. The van der Waals surface area contributed by atoms with Gasteiger partial charge in [0, 0.05) is 24.6 Å². The molecule has 0 aliphatic heterocycles. The third kappa shape index (κ3) is 4.87. The Morgan fingerprint density at radius 2 is 2.05 bits per heavy atom. The molecular weight excluding hydrogens is 307 g/mol. The van der Waals surface area contributed by atoms with E-state index in [2.05, 4.69) is 10.3 Å². The molecule has 1 heterocycles. The van der Waals surface area contributed by atoms with Gasteiger partial charge in [-0.05, 0) is 24.3 Å². The predicted molar refractivity (Wildman–Crippen MR) is 82.5 cm³/mol. The molecule has 0 atom stereocenters. The Bertz CT molecular complexity index is 601. The molecule has 0 bridgehead atoms. The molecule has 0 aliphatic rings. The number of nitrogens with one attached hydrogen (secondary N) is 1. The Hall–Kier alpha value is -1.83. The highest BCUT2D eigenvalue weighted by Gasteiger charge is 2.11. The van der Waals surface area contributed by atoms with Crippen molar-refractivity contribution >= 4 is 17.2 Å². The summed E-state index contributed by atoms with van der Waals surface area (Å²) in [5, 5.41) is 5.09. The molecule has 1 N–H and O–H groups in total. The van der Waals surface area contributed by atoms with Crippen LogP contribution in [0.1, 0.15) is 10.5 Å². The van der Waals surface area contributed by atoms with Crippen LogP contribution >= 0.6 is 11.3 Å². The lowest BCUT2D eigenvalue weighted by Gasteiger charge is -2.04. The Balaban J connectivity index is 1.83. The van der Waals surface area contributed by atoms with E-state index in [9.17, 15) is 9.18 Å². The minimum absolute atomic E-state index is 0.250. The highest BCUT2D eigenvalue weighted by atomic mass is 32.1. The molecule has 5 nitrogen and oxygen atoms in total. The van der Waals surface area contributed by atoms with Crippen LogP contribution in [0.2, 0.25) is 0 Å². The van der Waals surface area contributed by atoms with E-state index in [1.54, 1.807) is 24.6 Å². The summed E-state index contributed by atoms with van der Waals surface area (Å²) in [5.74, 6) is -0.549. The standard InChI is InChI=1S/C15H17FN2O3S/c1-20-8-9-21-7-6-17-14(19)13-10-22-15(18-13)11-2-4-12(16)5-3-11/h2-5,10H,6-9H2,1H3,(H,17,19). The Kier molecular flexibility index (Phi) is 6.45. The zero-order chi connectivity index (χ0) is 15.8. The van der Waals surface area contributed by atoms with Crippen LogP contribution in [0.25, 0.3) is 10.6 Å². The molecule has 2 rings (SSSR count). The second-order valence-electron chi connectivity index (χ2n) is 4.41. The minimum Gasteiger partial charge on any atom is -0.382 e. The number of amides is 1. The van der Waals surface area contributed by atoms with Gasteiger partial charge in [0.15, 0.2) is 0 Å². The van der Waals surface area contributed by atoms with Crippen molar-refractivity contribution < 1.29 is 18.7 Å². The number of ether oxygens (including phenoxy) is 2. The normalized spacial score (nSPS) is 10.6. The molecule has 118 valence electrons. The maximum absolute atomic E-state index is 12.9. The summed E-state index contributed by atoms with van der Waals surface area (Å²) in [6, 6.07) is 6.01. The zero-order valence-corrected chi connectivity index (χ0v) is 13.0. The number of thiazole rings is 1. The molecule has 0 fully saturated rings. The molecule has 0 saturated carbocycles. The number of halogens is 1. The number of hydrogen-bond acceptors (Lipinski definition) is 5. The maximum atomic E-state index is 12.9. The van der Waals surface area contributed by atoms with E-state index in [4.69, 9.17) is 9.47 Å². The van der Waals surface area contributed by atoms with Gasteiger partial charge in [-0.3, -0.25) is 4.79 Å². The van der Waals surface area contributed by atoms with E-state index in [0.29, 0.717) is 37.1 Å². The topological polar surface area (TPSA) is 60.5 Å². The van der Waals surface area contributed by atoms with Crippen molar-refractivity contribution in [3.8, 4) is 10.6 Å². The summed E-state index contributed by atoms with van der Waals surface area (Å²) in [7, 11) is 1.60. The van der Waals surface area contributed by atoms with Crippen molar-refractivity contribution in [3.05, 3.63) is 41.2 Å². The van der Waals surface area contributed by atoms with Crippen LogP contribution in [0.4, 0.5) is 4.39 Å². The van der Waals surface area contributed by atoms with Crippen LogP contribution in [-0.2, 0) is 9.47 Å². The fraction of sp³-hybridized carbons (Fsp3) is 0.333. The SMILES string of the molecule is COCCOCCNC(=O)c1csc(-c2ccc(F)cc2)n1. The first-order valence-electron chi connectivity index (χ1n) is 6.77. The third-order valence-corrected chi connectivity index (χ3v) is 3.68. The fourth-order valence-electron chi connectivity index (χ4n) is 1.67. The Labute approximate surface area is 132 Å². The van der Waals surface area contributed by atoms with E-state index in [1.807, 2.05) is 0 Å². The van der Waals surface area contributed by atoms with Crippen molar-refractivity contribution in [2.24, 2.45) is 0 Å². The van der Waals surface area contributed by atoms with Crippen LogP contribution in [0.3, 0.4) is 0 Å². The van der Waals surface area contributed by atoms with Gasteiger partial charge in [-0.1, -0.05) is 0 Å². The lowest BCUT2D eigenvalue weighted by molar-refractivity contribution is 0.0692. The van der Waals surface area contributed by atoms with E-state index in [0.717, 1.165) is 5.56 Å². The van der Waals surface area contributed by atoms with Crippen molar-refractivity contribution in [2.75, 3.05) is 33.5 Å². The molecule has 0 spiro atoms. The molecule has 22 heavy (non-hydrogen) atoms. The third-order valence-electron chi connectivity index (χ3n) is 2.79. The smallest absolute Gasteiger partial charge is 0.270 e. The molecule has 0 radical (unpaired) electrons. The molecule has 0 saturated heterocycles. The lowest BCUT2D eigenvalue weighted by Crippen LogP contribution is -2.27. The maximum Gasteiger partial charge on any atom is 0.270 e. The first-order valence-corrected chi connectivity index (χ1v) is 7.65. The van der Waals surface area contributed by atoms with Gasteiger partial charge in [0.05, 0.1) is 19.8 Å². The largest absolute Gasteiger partial charge is 0.382 e. The molecule has 0 aliphatic carbocycles. The van der Waals surface area contributed by atoms with Gasteiger partial charge in [0.2, 0.25) is 0 Å². The molecular formula is C15H17FN2O3S. The zero-order valence-electron chi connectivity index (χ0n) is 12.2. The number of aromatic nitrogens is 1. The second-order valence-corrected chi connectivity index (χ2v) is 5.26. The minimum atomic E-state index is -0.299. The molecule has 1 aromatic carbocycles. The number of rotatable bonds is 8. The van der Waals surface area contributed by atoms with Crippen molar-refractivity contribution in [3.63, 3.8) is 0 Å². The van der Waals surface area contributed by atoms with Crippen LogP contribution in [0, 0.1) is 5.82 Å². The fourth-order valence-corrected chi connectivity index (χ4v) is 2.48. The van der Waals surface area contributed by atoms with Crippen LogP contribution < -0.4 is 5.32 Å². The van der Waals surface area contributed by atoms with Crippen LogP contribution in [-0.4, -0.2) is 44.4 Å². The number of hydrogen-bond donors (Lipinski definition) is 1. The summed E-state index contributed by atoms with van der Waals surface area (Å²) in [6.07, 6.45) is 0. The number of nitrogens with zero attached hydrogens (tertiary/aromatic N) is 1. The van der Waals surface area contributed by atoms with Gasteiger partial charge < -0.3 is 14.8 Å². The molecule has 2 aromatic rings. The van der Waals surface area contributed by atoms with Crippen LogP contribution in [0.5, 0.6) is 0 Å². The predicted octanol–water partition coefficient (Wildman–Crippen LogP) is 2.34. The summed E-state index contributed by atoms with van der Waals surface area (Å²) in [5.41, 5.74) is 1.13. The van der Waals surface area contributed by atoms with Gasteiger partial charge in [-0.2, -0.15) is 0 Å². The summed E-state index contributed by atoms with van der Waals surface area (Å²) in [6.45, 7) is 1.86. The van der Waals surface area contributed by atoms with E-state index >= 15 is 0 Å². The van der Waals surface area contributed by atoms with Crippen LogP contribution in [0.15, 0.2) is 29.6 Å². The van der Waals surface area contributed by atoms with Crippen molar-refractivity contribution in [1.29, 1.82) is 0 Å². The highest BCUT2D eigenvalue weighted by Crippen LogP contribution is 2.23. The molecule has 7 heteroatoms. The summed E-state index contributed by atoms with van der Waals surface area (Å²) in [4.78, 5) is 16.2. The number of methoxy groups -OCH3 is 1. The van der Waals surface area contributed by atoms with E-state index < -0.39 is 0 Å². The average molecular weight is 324 g/mol. The monoisotopic (exact) mass is 324 g/mol. The molecule has 0 unspecified atom stereocenters. The lowest BCUT2D eigenvalue weighted by atomic mass is 10.2. The summed E-state index contributed by atoms with van der Waals surface area (Å²) >= 11 is 1.34. The van der Waals surface area contributed by atoms with Gasteiger partial charge in [-0.25, -0.2) is 9.37 Å². The average Bonchev–Trinajstić information content (AvgIpc) is 3.01. The Morgan fingerprint density at radius 1 is 1.27 bits per heavy atom. The summed E-state index contributed by atoms with van der Waals surface area (Å²) < 4.78 is 23.0. The van der Waals surface area contributed by atoms with Gasteiger partial charge in [-0.15, -0.1) is 11.3 Å². The van der Waals surface area contributed by atoms with E-state index in [1.165, 1.54) is 23.5 Å². The number of carbonyl (C=O) groups is 1. The van der Waals surface area contributed by atoms with Gasteiger partial charge in [0.1, 0.15) is 16.5 Å². The van der Waals surface area contributed by atoms with E-state index in [-0.39, 0.29) is 11.7 Å². The van der Waals surface area contributed by atoms with Crippen molar-refractivity contribution in [1.82, 2.24) is 10.3 Å². The number of carbonyl (C=O) groups excluding carboxylic acids is 1. The molecule has 1 aromatic heterocycles. The molecule has 1 amide bonds. The van der Waals surface area contributed by atoms with Crippen molar-refractivity contribution in [2.45, 2.75) is 0 Å². The first-order chi connectivity index (χ1) is 10.7. The van der Waals surface area contributed by atoms with Gasteiger partial charge >= 0.3 is 0 Å². The Morgan fingerprint density at radius 3 is 2.77 bits per heavy atom. The first kappa shape index (κ1) is 16.5. The highest BCUT2D eigenvalue weighted by molar-refractivity contribution is 7.13. The van der Waals surface area contributed by atoms with Gasteiger partial charge in [0.25, 0.3) is 5.91 Å². The quantitative estimate of drug-likeness (QED) is 0.757.